The molecule has 0 amide bonds. The van der Waals surface area contributed by atoms with Gasteiger partial charge in [0.1, 0.15) is 11.8 Å². The van der Waals surface area contributed by atoms with Gasteiger partial charge in [0.05, 0.1) is 26.4 Å². The third kappa shape index (κ3) is 14.0. The number of carbonyl (C=O) groups excluding carboxylic acids is 2. The first-order chi connectivity index (χ1) is 18.1. The molecular weight excluding hydrogens is 468 g/mol. The molecule has 0 saturated heterocycles. The summed E-state index contributed by atoms with van der Waals surface area (Å²) in [5, 5.41) is 0. The van der Waals surface area contributed by atoms with Gasteiger partial charge in [-0.1, -0.05) is 107 Å². The van der Waals surface area contributed by atoms with Gasteiger partial charge < -0.3 is 18.9 Å². The van der Waals surface area contributed by atoms with E-state index in [1.54, 1.807) is 14.2 Å². The van der Waals surface area contributed by atoms with Crippen molar-refractivity contribution in [2.75, 3.05) is 40.6 Å². The van der Waals surface area contributed by atoms with Gasteiger partial charge >= 0.3 is 11.9 Å². The molecule has 206 valence electrons. The number of hydrogen-bond donors (Lipinski definition) is 0. The van der Waals surface area contributed by atoms with E-state index in [0.29, 0.717) is 26.4 Å². The highest BCUT2D eigenvalue weighted by atomic mass is 16.5. The first kappa shape index (κ1) is 32.3. The van der Waals surface area contributed by atoms with Crippen LogP contribution in [0.1, 0.15) is 81.8 Å². The predicted octanol–water partition coefficient (Wildman–Crippen LogP) is 6.69. The van der Waals surface area contributed by atoms with Gasteiger partial charge in [0.15, 0.2) is 0 Å². The van der Waals surface area contributed by atoms with Crippen molar-refractivity contribution < 1.29 is 28.5 Å². The van der Waals surface area contributed by atoms with E-state index >= 15 is 0 Å². The molecule has 37 heavy (non-hydrogen) atoms. The zero-order valence-corrected chi connectivity index (χ0v) is 23.2. The number of methoxy groups -OCH3 is 2. The van der Waals surface area contributed by atoms with Crippen LogP contribution >= 0.6 is 0 Å². The van der Waals surface area contributed by atoms with Gasteiger partial charge in [-0.2, -0.15) is 0 Å². The lowest BCUT2D eigenvalue weighted by Gasteiger charge is -2.15. The maximum Gasteiger partial charge on any atom is 0.315 e. The zero-order chi connectivity index (χ0) is 27.1. The van der Waals surface area contributed by atoms with Crippen LogP contribution in [0.15, 0.2) is 60.7 Å². The highest BCUT2D eigenvalue weighted by Gasteiger charge is 2.22. The fourth-order valence-corrected chi connectivity index (χ4v) is 3.73. The van der Waals surface area contributed by atoms with Gasteiger partial charge in [-0.3, -0.25) is 9.59 Å². The van der Waals surface area contributed by atoms with Crippen LogP contribution in [0.5, 0.6) is 0 Å². The minimum Gasteiger partial charge on any atom is -0.465 e. The Morgan fingerprint density at radius 2 is 0.973 bits per heavy atom. The fourth-order valence-electron chi connectivity index (χ4n) is 3.73. The molecule has 0 saturated carbocycles. The summed E-state index contributed by atoms with van der Waals surface area (Å²) in [7, 11) is 3.20. The number of ether oxygens (including phenoxy) is 4. The van der Waals surface area contributed by atoms with Crippen molar-refractivity contribution in [2.45, 2.75) is 70.6 Å². The fraction of sp³-hybridized carbons (Fsp3) is 0.548. The summed E-state index contributed by atoms with van der Waals surface area (Å²) in [4.78, 5) is 24.1. The smallest absolute Gasteiger partial charge is 0.315 e. The summed E-state index contributed by atoms with van der Waals surface area (Å²) in [6.45, 7) is 6.01. The summed E-state index contributed by atoms with van der Waals surface area (Å²) in [6, 6.07) is 19.3. The Kier molecular flexibility index (Phi) is 18.7. The molecule has 0 heterocycles. The van der Waals surface area contributed by atoms with Crippen LogP contribution in [0.4, 0.5) is 0 Å². The molecule has 0 N–H and O–H groups in total. The first-order valence-corrected chi connectivity index (χ1v) is 13.5. The van der Waals surface area contributed by atoms with E-state index in [2.05, 4.69) is 13.8 Å². The third-order valence-electron chi connectivity index (χ3n) is 5.87. The third-order valence-corrected chi connectivity index (χ3v) is 5.87. The van der Waals surface area contributed by atoms with Crippen LogP contribution in [0, 0.1) is 0 Å². The lowest BCUT2D eigenvalue weighted by Crippen LogP contribution is -2.20. The summed E-state index contributed by atoms with van der Waals surface area (Å²) in [5.74, 6) is -1.03. The minimum absolute atomic E-state index is 0.190. The van der Waals surface area contributed by atoms with Crippen molar-refractivity contribution in [2.24, 2.45) is 0 Å². The molecule has 2 aromatic carbocycles. The van der Waals surface area contributed by atoms with E-state index in [4.69, 9.17) is 18.9 Å². The highest BCUT2D eigenvalue weighted by molar-refractivity contribution is 5.78. The number of benzene rings is 2. The Morgan fingerprint density at radius 3 is 1.35 bits per heavy atom. The Balaban J connectivity index is 0.000000371. The van der Waals surface area contributed by atoms with Crippen LogP contribution in [0.3, 0.4) is 0 Å². The van der Waals surface area contributed by atoms with E-state index in [9.17, 15) is 9.59 Å². The van der Waals surface area contributed by atoms with Gasteiger partial charge in [-0.05, 0) is 24.0 Å². The van der Waals surface area contributed by atoms with Gasteiger partial charge in [-0.15, -0.1) is 0 Å². The molecule has 0 aliphatic carbocycles. The van der Waals surface area contributed by atoms with Crippen molar-refractivity contribution in [3.8, 4) is 0 Å². The van der Waals surface area contributed by atoms with Crippen molar-refractivity contribution in [3.63, 3.8) is 0 Å². The molecule has 0 spiro atoms. The van der Waals surface area contributed by atoms with Gasteiger partial charge in [0.2, 0.25) is 0 Å². The monoisotopic (exact) mass is 514 g/mol. The molecule has 2 aromatic rings. The van der Waals surface area contributed by atoms with Gasteiger partial charge in [0.25, 0.3) is 0 Å². The minimum atomic E-state index is -0.322. The van der Waals surface area contributed by atoms with Crippen molar-refractivity contribution in [1.82, 2.24) is 0 Å². The second-order valence-electron chi connectivity index (χ2n) is 8.94. The molecule has 6 nitrogen and oxygen atoms in total. The molecule has 0 fully saturated rings. The molecule has 6 heteroatoms. The molecule has 0 bridgehead atoms. The van der Waals surface area contributed by atoms with Crippen molar-refractivity contribution >= 4 is 11.9 Å². The molecule has 0 aromatic heterocycles. The van der Waals surface area contributed by atoms with Crippen LogP contribution in [-0.2, 0) is 28.5 Å². The maximum absolute atomic E-state index is 12.1. The lowest BCUT2D eigenvalue weighted by atomic mass is 10.0. The molecule has 2 unspecified atom stereocenters. The number of carbonyl (C=O) groups is 2. The average Bonchev–Trinajstić information content (AvgIpc) is 2.93. The Labute approximate surface area is 223 Å². The average molecular weight is 515 g/mol. The van der Waals surface area contributed by atoms with E-state index < -0.39 is 0 Å². The summed E-state index contributed by atoms with van der Waals surface area (Å²) < 4.78 is 20.9. The summed E-state index contributed by atoms with van der Waals surface area (Å²) in [5.41, 5.74) is 1.89. The normalized spacial score (nSPS) is 12.1. The summed E-state index contributed by atoms with van der Waals surface area (Å²) >= 11 is 0. The SMILES string of the molecule is CCCCCCOC(=O)C(COC)c1ccccc1.CCCCCOC(=O)C(COC)c1ccccc1. The van der Waals surface area contributed by atoms with E-state index in [1.807, 2.05) is 60.7 Å². The molecule has 0 radical (unpaired) electrons. The van der Waals surface area contributed by atoms with E-state index in [-0.39, 0.29) is 23.8 Å². The van der Waals surface area contributed by atoms with Crippen LogP contribution in [0.2, 0.25) is 0 Å². The largest absolute Gasteiger partial charge is 0.465 e. The Bertz CT molecular complexity index is 824. The summed E-state index contributed by atoms with van der Waals surface area (Å²) in [6.07, 6.45) is 7.57. The number of hydrogen-bond acceptors (Lipinski definition) is 6. The van der Waals surface area contributed by atoms with Gasteiger partial charge in [-0.25, -0.2) is 0 Å². The van der Waals surface area contributed by atoms with Crippen LogP contribution in [-0.4, -0.2) is 52.6 Å². The molecule has 0 aliphatic rings. The molecule has 2 atom stereocenters. The van der Waals surface area contributed by atoms with Crippen molar-refractivity contribution in [3.05, 3.63) is 71.8 Å². The lowest BCUT2D eigenvalue weighted by molar-refractivity contribution is -0.147. The second kappa shape index (κ2) is 21.4. The molecule has 0 aliphatic heterocycles. The maximum atomic E-state index is 12.1. The number of rotatable bonds is 17. The number of unbranched alkanes of at least 4 members (excludes halogenated alkanes) is 5. The topological polar surface area (TPSA) is 71.1 Å². The second-order valence-corrected chi connectivity index (χ2v) is 8.94. The predicted molar refractivity (Wildman–Crippen MR) is 148 cm³/mol. The van der Waals surface area contributed by atoms with E-state index in [0.717, 1.165) is 43.2 Å². The number of esters is 2. The first-order valence-electron chi connectivity index (χ1n) is 13.5. The van der Waals surface area contributed by atoms with Gasteiger partial charge in [0, 0.05) is 14.2 Å². The van der Waals surface area contributed by atoms with Crippen molar-refractivity contribution in [1.29, 1.82) is 0 Å². The zero-order valence-electron chi connectivity index (χ0n) is 23.2. The van der Waals surface area contributed by atoms with Crippen LogP contribution in [0.25, 0.3) is 0 Å². The molecular formula is C31H46O6. The highest BCUT2D eigenvalue weighted by Crippen LogP contribution is 2.19. The Hall–Kier alpha value is -2.70. The molecule has 2 rings (SSSR count). The van der Waals surface area contributed by atoms with Crippen LogP contribution < -0.4 is 0 Å². The quantitative estimate of drug-likeness (QED) is 0.173. The Morgan fingerprint density at radius 1 is 0.595 bits per heavy atom. The van der Waals surface area contributed by atoms with E-state index in [1.165, 1.54) is 12.8 Å². The standard InChI is InChI=1S/C16H24O3.C15H22O3/c1-3-4-5-9-12-19-16(17)15(13-18-2)14-10-7-6-8-11-14;1-3-4-8-11-18-15(16)14(12-17-2)13-9-6-5-7-10-13/h6-8,10-11,15H,3-5,9,12-13H2,1-2H3;5-7,9-10,14H,3-4,8,11-12H2,1-2H3.